The van der Waals surface area contributed by atoms with Gasteiger partial charge in [0, 0.05) is 28.0 Å². The molecule has 0 bridgehead atoms. The smallest absolute Gasteiger partial charge is 0.398 e. The largest absolute Gasteiger partial charge is 0.433 e. The highest BCUT2D eigenvalue weighted by atomic mass is 35.5. The third-order valence-electron chi connectivity index (χ3n) is 6.17. The van der Waals surface area contributed by atoms with E-state index in [-0.39, 0.29) is 5.69 Å². The number of rotatable bonds is 2. The molecule has 2 fully saturated rings. The molecular formula is C28H43ClF3N5. The monoisotopic (exact) mass is 541 g/mol. The fraction of sp³-hybridized carbons (Fsp3) is 0.571. The van der Waals surface area contributed by atoms with Crippen molar-refractivity contribution in [2.24, 2.45) is 5.73 Å². The maximum absolute atomic E-state index is 12.5. The molecule has 2 saturated carbocycles. The van der Waals surface area contributed by atoms with Gasteiger partial charge in [0.2, 0.25) is 0 Å². The Labute approximate surface area is 225 Å². The summed E-state index contributed by atoms with van der Waals surface area (Å²) < 4.78 is 39.4. The van der Waals surface area contributed by atoms with Crippen LogP contribution in [0.5, 0.6) is 0 Å². The third-order valence-corrected chi connectivity index (χ3v) is 6.47. The molecule has 0 unspecified atom stereocenters. The molecule has 0 aliphatic heterocycles. The number of nitrogens with two attached hydrogens (primary N) is 2. The molecular weight excluding hydrogens is 499 g/mol. The number of aromatic nitrogens is 3. The van der Waals surface area contributed by atoms with Crippen LogP contribution < -0.4 is 11.5 Å². The summed E-state index contributed by atoms with van der Waals surface area (Å²) in [6.45, 7) is 7.69. The first-order chi connectivity index (χ1) is 17.8. The zero-order valence-corrected chi connectivity index (χ0v) is 23.2. The van der Waals surface area contributed by atoms with Crippen molar-refractivity contribution in [1.29, 1.82) is 0 Å². The number of fused-ring (bicyclic) bond motifs is 1. The van der Waals surface area contributed by atoms with E-state index in [0.717, 1.165) is 11.6 Å². The molecule has 2 heterocycles. The van der Waals surface area contributed by atoms with Crippen molar-refractivity contribution in [2.45, 2.75) is 96.7 Å². The van der Waals surface area contributed by atoms with Crippen LogP contribution in [0, 0.1) is 0 Å². The van der Waals surface area contributed by atoms with Crippen LogP contribution >= 0.6 is 11.6 Å². The van der Waals surface area contributed by atoms with Gasteiger partial charge < -0.3 is 11.5 Å². The zero-order valence-electron chi connectivity index (χ0n) is 22.5. The Morgan fingerprint density at radius 2 is 1.59 bits per heavy atom. The normalized spacial score (nSPS) is 16.3. The third kappa shape index (κ3) is 10.9. The molecule has 0 aromatic carbocycles. The van der Waals surface area contributed by atoms with E-state index < -0.39 is 11.9 Å². The van der Waals surface area contributed by atoms with Crippen LogP contribution in [-0.2, 0) is 12.6 Å². The van der Waals surface area contributed by atoms with E-state index in [1.54, 1.807) is 6.08 Å². The quantitative estimate of drug-likeness (QED) is 0.400. The van der Waals surface area contributed by atoms with Crippen molar-refractivity contribution >= 4 is 29.4 Å². The molecule has 4 N–H and O–H groups in total. The molecule has 0 spiro atoms. The number of allylic oxidation sites excluding steroid dienone is 1. The van der Waals surface area contributed by atoms with Crippen LogP contribution in [-0.4, -0.2) is 21.8 Å². The van der Waals surface area contributed by atoms with Crippen molar-refractivity contribution in [3.63, 3.8) is 0 Å². The van der Waals surface area contributed by atoms with Crippen molar-refractivity contribution < 1.29 is 13.2 Å². The van der Waals surface area contributed by atoms with Gasteiger partial charge in [-0.05, 0) is 51.3 Å². The van der Waals surface area contributed by atoms with E-state index in [2.05, 4.69) is 33.3 Å². The maximum Gasteiger partial charge on any atom is 0.433 e. The predicted octanol–water partition coefficient (Wildman–Crippen LogP) is 8.40. The summed E-state index contributed by atoms with van der Waals surface area (Å²) >= 11 is 5.80. The molecule has 0 atom stereocenters. The second-order valence-corrected chi connectivity index (χ2v) is 9.20. The molecule has 0 radical (unpaired) electrons. The van der Waals surface area contributed by atoms with Crippen LogP contribution in [0.4, 0.5) is 18.9 Å². The number of aryl methyl sites for hydroxylation is 1. The fourth-order valence-electron chi connectivity index (χ4n) is 3.97. The van der Waals surface area contributed by atoms with Crippen LogP contribution in [0.1, 0.15) is 107 Å². The van der Waals surface area contributed by atoms with Gasteiger partial charge in [-0.25, -0.2) is 4.98 Å². The number of hydrogen-bond acceptors (Lipinski definition) is 4. The Morgan fingerprint density at radius 1 is 1.03 bits per heavy atom. The highest BCUT2D eigenvalue weighted by molar-refractivity contribution is 6.31. The van der Waals surface area contributed by atoms with Crippen LogP contribution in [0.2, 0.25) is 0 Å². The SMILES string of the molecule is C1CCCCC1.C=Cc1cnn(C2CCC2)c1.CC.CN.Nc1cc(C(F)(F)F)nc2c1C=C(Cl)CC2. The lowest BCUT2D eigenvalue weighted by atomic mass is 9.93. The molecule has 2 aromatic rings. The average molecular weight is 542 g/mol. The molecule has 5 nitrogen and oxygen atoms in total. The summed E-state index contributed by atoms with van der Waals surface area (Å²) in [5.41, 5.74) is 11.2. The van der Waals surface area contributed by atoms with Gasteiger partial charge in [-0.2, -0.15) is 18.3 Å². The van der Waals surface area contributed by atoms with E-state index in [4.69, 9.17) is 17.3 Å². The predicted molar refractivity (Wildman–Crippen MR) is 150 cm³/mol. The summed E-state index contributed by atoms with van der Waals surface area (Å²) in [6.07, 6.45) is 16.7. The molecule has 3 aliphatic carbocycles. The number of alkyl halides is 3. The minimum absolute atomic E-state index is 0.0650. The van der Waals surface area contributed by atoms with Gasteiger partial charge in [-0.15, -0.1) is 0 Å². The zero-order chi connectivity index (χ0) is 27.8. The minimum atomic E-state index is -4.46. The van der Waals surface area contributed by atoms with Gasteiger partial charge in [0.25, 0.3) is 0 Å². The molecule has 2 aromatic heterocycles. The number of anilines is 1. The van der Waals surface area contributed by atoms with Crippen LogP contribution in [0.15, 0.2) is 30.1 Å². The number of halogens is 4. The number of nitrogens with zero attached hydrogens (tertiary/aromatic N) is 3. The van der Waals surface area contributed by atoms with Gasteiger partial charge in [0.05, 0.1) is 17.9 Å². The van der Waals surface area contributed by atoms with Crippen molar-refractivity contribution in [3.05, 3.63) is 52.6 Å². The Kier molecular flexibility index (Phi) is 15.2. The minimum Gasteiger partial charge on any atom is -0.398 e. The topological polar surface area (TPSA) is 82.8 Å². The molecule has 3 aliphatic rings. The van der Waals surface area contributed by atoms with Crippen molar-refractivity contribution in [3.8, 4) is 0 Å². The van der Waals surface area contributed by atoms with Crippen molar-refractivity contribution in [1.82, 2.24) is 14.8 Å². The molecule has 9 heteroatoms. The highest BCUT2D eigenvalue weighted by Gasteiger charge is 2.34. The second kappa shape index (κ2) is 17.2. The average Bonchev–Trinajstić information content (AvgIpc) is 3.35. The fourth-order valence-corrected chi connectivity index (χ4v) is 4.17. The number of hydrogen-bond donors (Lipinski definition) is 2. The lowest BCUT2D eigenvalue weighted by molar-refractivity contribution is -0.141. The van der Waals surface area contributed by atoms with Gasteiger partial charge in [0.15, 0.2) is 0 Å². The first-order valence-electron chi connectivity index (χ1n) is 13.2. The lowest BCUT2D eigenvalue weighted by Gasteiger charge is -2.25. The Morgan fingerprint density at radius 3 is 2.03 bits per heavy atom. The Balaban J connectivity index is 0.000000282. The summed E-state index contributed by atoms with van der Waals surface area (Å²) in [4.78, 5) is 3.57. The Hall–Kier alpha value is -2.32. The first-order valence-corrected chi connectivity index (χ1v) is 13.6. The standard InChI is InChI=1S/C10H8ClF3N2.C9H12N2.C6H12.C2H6.CH5N/c11-5-1-2-8-6(3-5)7(15)4-9(16-8)10(12,13)14;1-2-8-6-10-11(7-8)9-4-3-5-9;1-2-4-6-5-3-1;2*1-2/h3-4H,1-2H2,(H2,15,16);2,6-7,9H,1,3-5H2;1-6H2;1-2H3;2H2,1H3. The van der Waals surface area contributed by atoms with E-state index in [1.807, 2.05) is 26.1 Å². The maximum atomic E-state index is 12.5. The molecule has 5 rings (SSSR count). The summed E-state index contributed by atoms with van der Waals surface area (Å²) in [5.74, 6) is 0. The van der Waals surface area contributed by atoms with E-state index >= 15 is 0 Å². The summed E-state index contributed by atoms with van der Waals surface area (Å²) in [6, 6.07) is 1.51. The molecule has 0 saturated heterocycles. The van der Waals surface area contributed by atoms with Crippen LogP contribution in [0.25, 0.3) is 12.2 Å². The molecule has 208 valence electrons. The molecule has 37 heavy (non-hydrogen) atoms. The van der Waals surface area contributed by atoms with Crippen molar-refractivity contribution in [2.75, 3.05) is 12.8 Å². The van der Waals surface area contributed by atoms with E-state index in [0.29, 0.717) is 35.2 Å². The van der Waals surface area contributed by atoms with Gasteiger partial charge in [-0.1, -0.05) is 76.6 Å². The summed E-state index contributed by atoms with van der Waals surface area (Å²) in [7, 11) is 1.50. The number of nitrogen functional groups attached to an aromatic ring is 1. The van der Waals surface area contributed by atoms with E-state index in [1.165, 1.54) is 64.8 Å². The lowest BCUT2D eigenvalue weighted by Crippen LogP contribution is -2.16. The molecule has 0 amide bonds. The Bertz CT molecular complexity index is 950. The highest BCUT2D eigenvalue weighted by Crippen LogP contribution is 2.34. The number of pyridine rings is 1. The summed E-state index contributed by atoms with van der Waals surface area (Å²) in [5, 5.41) is 4.84. The van der Waals surface area contributed by atoms with Gasteiger partial charge >= 0.3 is 6.18 Å². The van der Waals surface area contributed by atoms with E-state index in [9.17, 15) is 13.2 Å². The first kappa shape index (κ1) is 32.7. The van der Waals surface area contributed by atoms with Crippen LogP contribution in [0.3, 0.4) is 0 Å². The van der Waals surface area contributed by atoms with Gasteiger partial charge in [-0.3, -0.25) is 4.68 Å². The van der Waals surface area contributed by atoms with Gasteiger partial charge in [0.1, 0.15) is 5.69 Å². The second-order valence-electron chi connectivity index (χ2n) is 8.71.